The summed E-state index contributed by atoms with van der Waals surface area (Å²) in [6.45, 7) is 3.28. The lowest BCUT2D eigenvalue weighted by molar-refractivity contribution is -0.334. The number of hydrogen-bond acceptors (Lipinski definition) is 7. The van der Waals surface area contributed by atoms with Gasteiger partial charge in [0.15, 0.2) is 6.29 Å². The fraction of sp³-hybridized carbons (Fsp3) is 0.400. The Labute approximate surface area is 218 Å². The third-order valence-corrected chi connectivity index (χ3v) is 6.61. The fourth-order valence-corrected chi connectivity index (χ4v) is 4.61. The van der Waals surface area contributed by atoms with Crippen LogP contribution in [-0.2, 0) is 53.0 Å². The van der Waals surface area contributed by atoms with Crippen LogP contribution >= 0.6 is 0 Å². The highest BCUT2D eigenvalue weighted by Crippen LogP contribution is 2.39. The van der Waals surface area contributed by atoms with Crippen LogP contribution in [-0.4, -0.2) is 50.4 Å². The van der Waals surface area contributed by atoms with Crippen molar-refractivity contribution in [3.8, 4) is 0 Å². The van der Waals surface area contributed by atoms with Crippen molar-refractivity contribution in [3.05, 3.63) is 108 Å². The van der Waals surface area contributed by atoms with Gasteiger partial charge in [0.25, 0.3) is 5.97 Å². The van der Waals surface area contributed by atoms with Gasteiger partial charge in [-0.25, -0.2) is 0 Å². The van der Waals surface area contributed by atoms with E-state index in [0.717, 1.165) is 16.7 Å². The second-order valence-electron chi connectivity index (χ2n) is 9.33. The highest BCUT2D eigenvalue weighted by Gasteiger charge is 2.57. The Kier molecular flexibility index (Phi) is 8.63. The van der Waals surface area contributed by atoms with Gasteiger partial charge in [0.2, 0.25) is 0 Å². The lowest BCUT2D eigenvalue weighted by Gasteiger charge is -2.42. The molecule has 37 heavy (non-hydrogen) atoms. The molecule has 7 heteroatoms. The standard InChI is InChI=1S/C30H34O7/c1-30(31-2)36-28-27(34-20-24-16-10-5-11-17-24)26(33-19-23-14-8-4-9-15-23)25(35-29(28)37-30)21-32-18-22-12-6-3-7-13-22/h3-17,25-29H,18-21H2,1-2H3/t25-,26-,27+,28+,29+,30-/m1/s1. The van der Waals surface area contributed by atoms with E-state index in [4.69, 9.17) is 33.2 Å². The SMILES string of the molecule is CO[C@@]1(C)O[C@@H]2O[C@H](COCc3ccccc3)[C@@H](OCc3ccccc3)[C@H](OCc3ccccc3)[C@@H]2O1. The smallest absolute Gasteiger partial charge is 0.282 e. The first-order valence-electron chi connectivity index (χ1n) is 12.6. The summed E-state index contributed by atoms with van der Waals surface area (Å²) in [6, 6.07) is 30.1. The van der Waals surface area contributed by atoms with Crippen LogP contribution in [0.3, 0.4) is 0 Å². The van der Waals surface area contributed by atoms with E-state index in [9.17, 15) is 0 Å². The Morgan fingerprint density at radius 3 is 1.73 bits per heavy atom. The van der Waals surface area contributed by atoms with Crippen molar-refractivity contribution in [3.63, 3.8) is 0 Å². The summed E-state index contributed by atoms with van der Waals surface area (Å²) in [6.07, 6.45) is -2.63. The molecule has 0 bridgehead atoms. The van der Waals surface area contributed by atoms with Crippen LogP contribution in [0.4, 0.5) is 0 Å². The zero-order chi connectivity index (χ0) is 25.5. The molecule has 0 spiro atoms. The number of hydrogen-bond donors (Lipinski definition) is 0. The molecule has 3 aromatic rings. The average molecular weight is 507 g/mol. The summed E-state index contributed by atoms with van der Waals surface area (Å²) >= 11 is 0. The molecular formula is C30H34O7. The number of methoxy groups -OCH3 is 1. The van der Waals surface area contributed by atoms with Gasteiger partial charge < -0.3 is 28.4 Å². The van der Waals surface area contributed by atoms with Crippen molar-refractivity contribution in [1.29, 1.82) is 0 Å². The number of fused-ring (bicyclic) bond motifs is 1. The van der Waals surface area contributed by atoms with Crippen molar-refractivity contribution in [2.45, 2.75) is 63.4 Å². The van der Waals surface area contributed by atoms with Crippen LogP contribution in [0.2, 0.25) is 0 Å². The molecule has 0 aliphatic carbocycles. The highest BCUT2D eigenvalue weighted by molar-refractivity contribution is 5.15. The van der Waals surface area contributed by atoms with Crippen LogP contribution in [0.25, 0.3) is 0 Å². The largest absolute Gasteiger partial charge is 0.374 e. The highest BCUT2D eigenvalue weighted by atomic mass is 16.9. The first-order valence-corrected chi connectivity index (χ1v) is 12.6. The quantitative estimate of drug-likeness (QED) is 0.369. The molecule has 0 unspecified atom stereocenters. The third-order valence-electron chi connectivity index (χ3n) is 6.61. The van der Waals surface area contributed by atoms with Crippen LogP contribution in [0.5, 0.6) is 0 Å². The predicted molar refractivity (Wildman–Crippen MR) is 136 cm³/mol. The fourth-order valence-electron chi connectivity index (χ4n) is 4.61. The van der Waals surface area contributed by atoms with E-state index in [1.807, 2.05) is 91.0 Å². The van der Waals surface area contributed by atoms with Crippen molar-refractivity contribution in [2.24, 2.45) is 0 Å². The van der Waals surface area contributed by atoms with Gasteiger partial charge in [-0.3, -0.25) is 4.74 Å². The van der Waals surface area contributed by atoms with E-state index >= 15 is 0 Å². The molecule has 0 N–H and O–H groups in total. The lowest BCUT2D eigenvalue weighted by atomic mass is 9.98. The van der Waals surface area contributed by atoms with Gasteiger partial charge in [-0.15, -0.1) is 0 Å². The molecular weight excluding hydrogens is 472 g/mol. The third kappa shape index (κ3) is 6.64. The van der Waals surface area contributed by atoms with Crippen molar-refractivity contribution >= 4 is 0 Å². The first-order chi connectivity index (χ1) is 18.1. The molecule has 2 heterocycles. The first kappa shape index (κ1) is 26.0. The number of benzene rings is 3. The maximum Gasteiger partial charge on any atom is 0.282 e. The van der Waals surface area contributed by atoms with E-state index < -0.39 is 36.7 Å². The summed E-state index contributed by atoms with van der Waals surface area (Å²) in [5.74, 6) is -1.24. The minimum Gasteiger partial charge on any atom is -0.374 e. The minimum atomic E-state index is -1.24. The van der Waals surface area contributed by atoms with Crippen LogP contribution in [0.1, 0.15) is 23.6 Å². The summed E-state index contributed by atoms with van der Waals surface area (Å²) < 4.78 is 43.2. The molecule has 5 rings (SSSR count). The van der Waals surface area contributed by atoms with Crippen LogP contribution in [0.15, 0.2) is 91.0 Å². The normalized spacial score (nSPS) is 29.2. The average Bonchev–Trinajstić information content (AvgIpc) is 3.29. The minimum absolute atomic E-state index is 0.301. The van der Waals surface area contributed by atoms with E-state index in [1.54, 1.807) is 14.0 Å². The van der Waals surface area contributed by atoms with Crippen molar-refractivity contribution < 1.29 is 33.2 Å². The predicted octanol–water partition coefficient (Wildman–Crippen LogP) is 4.83. The van der Waals surface area contributed by atoms with Gasteiger partial charge in [-0.05, 0) is 16.7 Å². The van der Waals surface area contributed by atoms with Gasteiger partial charge in [-0.2, -0.15) is 0 Å². The maximum atomic E-state index is 6.50. The zero-order valence-electron chi connectivity index (χ0n) is 21.2. The second-order valence-corrected chi connectivity index (χ2v) is 9.33. The van der Waals surface area contributed by atoms with Crippen molar-refractivity contribution in [1.82, 2.24) is 0 Å². The molecule has 2 aliphatic rings. The zero-order valence-corrected chi connectivity index (χ0v) is 21.2. The second kappa shape index (κ2) is 12.3. The molecule has 2 aliphatic heterocycles. The molecule has 3 aromatic carbocycles. The Morgan fingerprint density at radius 1 is 0.676 bits per heavy atom. The van der Waals surface area contributed by atoms with Crippen LogP contribution < -0.4 is 0 Å². The molecule has 0 aromatic heterocycles. The molecule has 2 saturated heterocycles. The Morgan fingerprint density at radius 2 is 1.19 bits per heavy atom. The molecule has 0 amide bonds. The van der Waals surface area contributed by atoms with Gasteiger partial charge >= 0.3 is 0 Å². The van der Waals surface area contributed by atoms with Gasteiger partial charge in [0, 0.05) is 14.0 Å². The molecule has 0 saturated carbocycles. The summed E-state index contributed by atoms with van der Waals surface area (Å²) in [4.78, 5) is 0. The maximum absolute atomic E-state index is 6.50. The van der Waals surface area contributed by atoms with Crippen molar-refractivity contribution in [2.75, 3.05) is 13.7 Å². The monoisotopic (exact) mass is 506 g/mol. The van der Waals surface area contributed by atoms with E-state index in [0.29, 0.717) is 26.4 Å². The molecule has 7 nitrogen and oxygen atoms in total. The summed E-state index contributed by atoms with van der Waals surface area (Å²) in [5, 5.41) is 0. The number of ether oxygens (including phenoxy) is 7. The molecule has 2 fully saturated rings. The molecule has 6 atom stereocenters. The Bertz CT molecular complexity index is 1080. The lowest BCUT2D eigenvalue weighted by Crippen LogP contribution is -2.59. The number of rotatable bonds is 11. The van der Waals surface area contributed by atoms with Gasteiger partial charge in [0.1, 0.15) is 24.4 Å². The van der Waals surface area contributed by atoms with Gasteiger partial charge in [0.05, 0.1) is 26.4 Å². The topological polar surface area (TPSA) is 64.6 Å². The molecule has 196 valence electrons. The van der Waals surface area contributed by atoms with E-state index in [2.05, 4.69) is 0 Å². The molecule has 0 radical (unpaired) electrons. The van der Waals surface area contributed by atoms with E-state index in [-0.39, 0.29) is 0 Å². The summed E-state index contributed by atoms with van der Waals surface area (Å²) in [7, 11) is 1.54. The Balaban J connectivity index is 1.36. The van der Waals surface area contributed by atoms with E-state index in [1.165, 1.54) is 0 Å². The van der Waals surface area contributed by atoms with Gasteiger partial charge in [-0.1, -0.05) is 91.0 Å². The Hall–Kier alpha value is -2.62. The van der Waals surface area contributed by atoms with Crippen LogP contribution in [0, 0.1) is 0 Å². The summed E-state index contributed by atoms with van der Waals surface area (Å²) in [5.41, 5.74) is 3.19.